The van der Waals surface area contributed by atoms with Crippen LogP contribution in [0.3, 0.4) is 0 Å². The van der Waals surface area contributed by atoms with Crippen LogP contribution in [0.2, 0.25) is 0 Å². The topological polar surface area (TPSA) is 144 Å². The second kappa shape index (κ2) is 9.76. The molecule has 1 aliphatic heterocycles. The summed E-state index contributed by atoms with van der Waals surface area (Å²) in [6.07, 6.45) is -3.22. The van der Waals surface area contributed by atoms with E-state index in [2.05, 4.69) is 6.92 Å². The molecule has 2 aromatic rings. The Morgan fingerprint density at radius 3 is 2.50 bits per heavy atom. The van der Waals surface area contributed by atoms with Crippen LogP contribution in [-0.2, 0) is 4.74 Å². The number of benzene rings is 1. The molecule has 30 heavy (non-hydrogen) atoms. The van der Waals surface area contributed by atoms with Crippen molar-refractivity contribution in [1.29, 1.82) is 0 Å². The van der Waals surface area contributed by atoms with Gasteiger partial charge < -0.3 is 39.6 Å². The Hall–Kier alpha value is -2.17. The third-order valence-electron chi connectivity index (χ3n) is 5.44. The van der Waals surface area contributed by atoms with Crippen molar-refractivity contribution in [2.75, 3.05) is 18.1 Å². The Morgan fingerprint density at radius 2 is 1.80 bits per heavy atom. The third kappa shape index (κ3) is 4.60. The molecule has 166 valence electrons. The molecule has 0 unspecified atom stereocenters. The number of aromatic hydroxyl groups is 1. The van der Waals surface area contributed by atoms with E-state index in [1.54, 1.807) is 12.1 Å². The van der Waals surface area contributed by atoms with Gasteiger partial charge in [-0.2, -0.15) is 0 Å². The molecule has 0 bridgehead atoms. The maximum Gasteiger partial charge on any atom is 0.360 e. The number of fused-ring (bicyclic) bond motifs is 1. The van der Waals surface area contributed by atoms with Crippen LogP contribution in [0, 0.1) is 0 Å². The molecule has 0 amide bonds. The summed E-state index contributed by atoms with van der Waals surface area (Å²) in [6, 6.07) is 5.97. The van der Waals surface area contributed by atoms with E-state index < -0.39 is 42.9 Å². The quantitative estimate of drug-likeness (QED) is 0.306. The SMILES string of the molecule is CCCCCCN(c1cc2ccc(O)cc2oc1=O)[C@@H]1O[C@H](CO)[C@H](O)[C@H](O)[C@H]1O. The van der Waals surface area contributed by atoms with Gasteiger partial charge in [0.1, 0.15) is 41.4 Å². The molecule has 9 nitrogen and oxygen atoms in total. The number of rotatable bonds is 8. The molecule has 1 aromatic heterocycles. The zero-order chi connectivity index (χ0) is 21.8. The number of hydrogen-bond acceptors (Lipinski definition) is 9. The molecule has 1 saturated heterocycles. The van der Waals surface area contributed by atoms with E-state index in [-0.39, 0.29) is 17.0 Å². The Kier molecular flexibility index (Phi) is 7.32. The predicted molar refractivity (Wildman–Crippen MR) is 109 cm³/mol. The summed E-state index contributed by atoms with van der Waals surface area (Å²) >= 11 is 0. The number of unbranched alkanes of at least 4 members (excludes halogenated alkanes) is 3. The minimum atomic E-state index is -1.55. The van der Waals surface area contributed by atoms with Crippen LogP contribution in [0.15, 0.2) is 33.5 Å². The Labute approximate surface area is 173 Å². The molecule has 1 aromatic carbocycles. The smallest absolute Gasteiger partial charge is 0.360 e. The molecule has 5 atom stereocenters. The van der Waals surface area contributed by atoms with Crippen LogP contribution in [0.25, 0.3) is 11.0 Å². The van der Waals surface area contributed by atoms with Crippen molar-refractivity contribution in [2.24, 2.45) is 0 Å². The lowest BCUT2D eigenvalue weighted by Crippen LogP contribution is -2.64. The van der Waals surface area contributed by atoms with Crippen molar-refractivity contribution >= 4 is 16.7 Å². The Morgan fingerprint density at radius 1 is 1.03 bits per heavy atom. The number of ether oxygens (including phenoxy) is 1. The lowest BCUT2D eigenvalue weighted by Gasteiger charge is -2.45. The van der Waals surface area contributed by atoms with Crippen LogP contribution in [0.4, 0.5) is 5.69 Å². The van der Waals surface area contributed by atoms with E-state index in [0.29, 0.717) is 18.4 Å². The monoisotopic (exact) mass is 423 g/mol. The second-order valence-electron chi connectivity index (χ2n) is 7.61. The van der Waals surface area contributed by atoms with Gasteiger partial charge in [-0.05, 0) is 24.6 Å². The molecule has 1 fully saturated rings. The van der Waals surface area contributed by atoms with Crippen molar-refractivity contribution in [2.45, 2.75) is 63.3 Å². The van der Waals surface area contributed by atoms with E-state index in [1.165, 1.54) is 17.0 Å². The zero-order valence-corrected chi connectivity index (χ0v) is 16.8. The maximum atomic E-state index is 12.7. The van der Waals surface area contributed by atoms with Crippen molar-refractivity contribution in [3.05, 3.63) is 34.7 Å². The standard InChI is InChI=1S/C21H29NO8/c1-2-3-4-5-8-22(20-19(27)18(26)17(25)16(11-23)29-20)14-9-12-6-7-13(24)10-15(12)30-21(14)28/h6-7,9-10,16-20,23-27H,2-5,8,11H2,1H3/t16-,17+,18+,19-,20-/m1/s1. The molecule has 0 saturated carbocycles. The molecule has 1 aliphatic rings. The van der Waals surface area contributed by atoms with Crippen molar-refractivity contribution in [3.63, 3.8) is 0 Å². The summed E-state index contributed by atoms with van der Waals surface area (Å²) in [5, 5.41) is 50.5. The largest absolute Gasteiger partial charge is 0.508 e. The molecular weight excluding hydrogens is 394 g/mol. The predicted octanol–water partition coefficient (Wildman–Crippen LogP) is 0.685. The summed E-state index contributed by atoms with van der Waals surface area (Å²) in [5.74, 6) is -0.0382. The Bertz CT molecular complexity index is 898. The lowest BCUT2D eigenvalue weighted by molar-refractivity contribution is -0.228. The minimum absolute atomic E-state index is 0.0382. The summed E-state index contributed by atoms with van der Waals surface area (Å²) < 4.78 is 11.0. The number of nitrogens with zero attached hydrogens (tertiary/aromatic N) is 1. The number of phenols is 1. The number of hydrogen-bond donors (Lipinski definition) is 5. The number of phenolic OH excluding ortho intramolecular Hbond substituents is 1. The summed E-state index contributed by atoms with van der Waals surface area (Å²) in [5.41, 5.74) is -0.363. The zero-order valence-electron chi connectivity index (χ0n) is 16.8. The average molecular weight is 423 g/mol. The van der Waals surface area contributed by atoms with Gasteiger partial charge in [0.05, 0.1) is 6.61 Å². The molecule has 0 aliphatic carbocycles. The fourth-order valence-corrected chi connectivity index (χ4v) is 3.72. The summed E-state index contributed by atoms with van der Waals surface area (Å²) in [6.45, 7) is 1.84. The molecule has 5 N–H and O–H groups in total. The fraction of sp³-hybridized carbons (Fsp3) is 0.571. The van der Waals surface area contributed by atoms with Gasteiger partial charge in [0.2, 0.25) is 0 Å². The molecule has 9 heteroatoms. The molecule has 0 spiro atoms. The average Bonchev–Trinajstić information content (AvgIpc) is 2.73. The highest BCUT2D eigenvalue weighted by Gasteiger charge is 2.46. The van der Waals surface area contributed by atoms with Crippen molar-refractivity contribution in [1.82, 2.24) is 0 Å². The van der Waals surface area contributed by atoms with E-state index in [1.807, 2.05) is 0 Å². The van der Waals surface area contributed by atoms with Gasteiger partial charge in [-0.1, -0.05) is 26.2 Å². The van der Waals surface area contributed by atoms with Gasteiger partial charge in [-0.25, -0.2) is 4.79 Å². The highest BCUT2D eigenvalue weighted by molar-refractivity contribution is 5.81. The van der Waals surface area contributed by atoms with E-state index in [4.69, 9.17) is 9.15 Å². The van der Waals surface area contributed by atoms with Crippen LogP contribution in [0.1, 0.15) is 32.6 Å². The normalized spacial score (nSPS) is 26.8. The van der Waals surface area contributed by atoms with Gasteiger partial charge in [0, 0.05) is 18.0 Å². The first kappa shape index (κ1) is 22.5. The van der Waals surface area contributed by atoms with Crippen LogP contribution >= 0.6 is 0 Å². The number of aliphatic hydroxyl groups excluding tert-OH is 4. The third-order valence-corrected chi connectivity index (χ3v) is 5.44. The van der Waals surface area contributed by atoms with Gasteiger partial charge in [0.15, 0.2) is 6.23 Å². The van der Waals surface area contributed by atoms with Gasteiger partial charge in [0.25, 0.3) is 0 Å². The van der Waals surface area contributed by atoms with Gasteiger partial charge in [-0.15, -0.1) is 0 Å². The number of aliphatic hydroxyl groups is 4. The van der Waals surface area contributed by atoms with Crippen molar-refractivity contribution < 1.29 is 34.7 Å². The van der Waals surface area contributed by atoms with E-state index in [0.717, 1.165) is 19.3 Å². The van der Waals surface area contributed by atoms with Gasteiger partial charge >= 0.3 is 5.63 Å². The lowest BCUT2D eigenvalue weighted by atomic mass is 9.97. The highest BCUT2D eigenvalue weighted by atomic mass is 16.6. The molecule has 2 heterocycles. The molecule has 3 rings (SSSR count). The first-order valence-electron chi connectivity index (χ1n) is 10.2. The van der Waals surface area contributed by atoms with E-state index in [9.17, 15) is 30.3 Å². The highest BCUT2D eigenvalue weighted by Crippen LogP contribution is 2.29. The molecular formula is C21H29NO8. The molecule has 0 radical (unpaired) electrons. The second-order valence-corrected chi connectivity index (χ2v) is 7.61. The fourth-order valence-electron chi connectivity index (χ4n) is 3.72. The van der Waals surface area contributed by atoms with Crippen molar-refractivity contribution in [3.8, 4) is 5.75 Å². The minimum Gasteiger partial charge on any atom is -0.508 e. The van der Waals surface area contributed by atoms with Crippen LogP contribution in [0.5, 0.6) is 5.75 Å². The summed E-state index contributed by atoms with van der Waals surface area (Å²) in [7, 11) is 0. The Balaban J connectivity index is 2.00. The van der Waals surface area contributed by atoms with Gasteiger partial charge in [-0.3, -0.25) is 0 Å². The first-order valence-corrected chi connectivity index (χ1v) is 10.2. The maximum absolute atomic E-state index is 12.7. The summed E-state index contributed by atoms with van der Waals surface area (Å²) in [4.78, 5) is 14.2. The van der Waals surface area contributed by atoms with E-state index >= 15 is 0 Å². The first-order chi connectivity index (χ1) is 14.4. The van der Waals surface area contributed by atoms with Crippen LogP contribution in [-0.4, -0.2) is 69.3 Å². The number of anilines is 1. The van der Waals surface area contributed by atoms with Crippen LogP contribution < -0.4 is 10.5 Å².